The quantitative estimate of drug-likeness (QED) is 0.431. The van der Waals surface area contributed by atoms with Crippen LogP contribution in [0.4, 0.5) is 5.69 Å². The molecular formula is C10H10N2O4. The zero-order valence-electron chi connectivity index (χ0n) is 8.67. The molecule has 1 aromatic rings. The number of hydrogen-bond acceptors (Lipinski definition) is 5. The first-order valence-electron chi connectivity index (χ1n) is 4.51. The van der Waals surface area contributed by atoms with Gasteiger partial charge in [-0.15, -0.1) is 0 Å². The zero-order chi connectivity index (χ0) is 12.0. The summed E-state index contributed by atoms with van der Waals surface area (Å²) in [5.74, 6) is 0.528. The van der Waals surface area contributed by atoms with E-state index >= 15 is 0 Å². The Morgan fingerprint density at radius 3 is 2.88 bits per heavy atom. The highest BCUT2D eigenvalue weighted by Crippen LogP contribution is 2.30. The summed E-state index contributed by atoms with van der Waals surface area (Å²) in [5, 5.41) is 19.0. The van der Waals surface area contributed by atoms with Crippen molar-refractivity contribution in [2.75, 3.05) is 13.7 Å². The monoisotopic (exact) mass is 222 g/mol. The lowest BCUT2D eigenvalue weighted by molar-refractivity contribution is -0.385. The number of hydrogen-bond donors (Lipinski definition) is 0. The highest BCUT2D eigenvalue weighted by Gasteiger charge is 2.15. The molecule has 0 fully saturated rings. The number of methoxy groups -OCH3 is 1. The van der Waals surface area contributed by atoms with Gasteiger partial charge in [0.1, 0.15) is 12.4 Å². The van der Waals surface area contributed by atoms with Crippen LogP contribution in [0.1, 0.15) is 6.42 Å². The maximum atomic E-state index is 10.7. The largest absolute Gasteiger partial charge is 0.492 e. The average molecular weight is 222 g/mol. The van der Waals surface area contributed by atoms with Crippen molar-refractivity contribution < 1.29 is 14.4 Å². The predicted molar refractivity (Wildman–Crippen MR) is 55.4 cm³/mol. The molecule has 0 radical (unpaired) electrons. The average Bonchev–Trinajstić information content (AvgIpc) is 2.29. The van der Waals surface area contributed by atoms with E-state index in [9.17, 15) is 10.1 Å². The van der Waals surface area contributed by atoms with Gasteiger partial charge in [-0.05, 0) is 12.1 Å². The first-order valence-corrected chi connectivity index (χ1v) is 4.51. The fourth-order valence-corrected chi connectivity index (χ4v) is 1.12. The van der Waals surface area contributed by atoms with Crippen molar-refractivity contribution in [3.8, 4) is 17.6 Å². The molecule has 0 amide bonds. The maximum absolute atomic E-state index is 10.7. The highest BCUT2D eigenvalue weighted by atomic mass is 16.6. The predicted octanol–water partition coefficient (Wildman–Crippen LogP) is 1.90. The molecule has 0 unspecified atom stereocenters. The summed E-state index contributed by atoms with van der Waals surface area (Å²) < 4.78 is 9.99. The van der Waals surface area contributed by atoms with Gasteiger partial charge in [-0.3, -0.25) is 10.1 Å². The molecule has 0 aliphatic heterocycles. The lowest BCUT2D eigenvalue weighted by Gasteiger charge is -2.05. The van der Waals surface area contributed by atoms with Crippen molar-refractivity contribution in [3.05, 3.63) is 28.3 Å². The van der Waals surface area contributed by atoms with E-state index in [0.717, 1.165) is 0 Å². The molecule has 0 aromatic heterocycles. The molecule has 6 heteroatoms. The minimum absolute atomic E-state index is 0.156. The van der Waals surface area contributed by atoms with Crippen LogP contribution < -0.4 is 9.47 Å². The van der Waals surface area contributed by atoms with Crippen LogP contribution in [0.25, 0.3) is 0 Å². The van der Waals surface area contributed by atoms with Crippen molar-refractivity contribution in [3.63, 3.8) is 0 Å². The van der Waals surface area contributed by atoms with Crippen molar-refractivity contribution in [2.24, 2.45) is 0 Å². The van der Waals surface area contributed by atoms with Crippen LogP contribution in [0, 0.1) is 21.4 Å². The number of rotatable bonds is 5. The third kappa shape index (κ3) is 2.85. The van der Waals surface area contributed by atoms with Crippen LogP contribution in [0.2, 0.25) is 0 Å². The molecule has 0 N–H and O–H groups in total. The van der Waals surface area contributed by atoms with Gasteiger partial charge in [-0.2, -0.15) is 5.26 Å². The SMILES string of the molecule is COc1ccc(OCCC#N)cc1[N+](=O)[O-]. The lowest BCUT2D eigenvalue weighted by Crippen LogP contribution is -1.98. The van der Waals surface area contributed by atoms with Gasteiger partial charge in [-0.25, -0.2) is 0 Å². The van der Waals surface area contributed by atoms with Crippen molar-refractivity contribution in [2.45, 2.75) is 6.42 Å². The molecule has 1 rings (SSSR count). The summed E-state index contributed by atoms with van der Waals surface area (Å²) in [6.07, 6.45) is 0.236. The van der Waals surface area contributed by atoms with Gasteiger partial charge in [0, 0.05) is 0 Å². The van der Waals surface area contributed by atoms with E-state index in [0.29, 0.717) is 5.75 Å². The summed E-state index contributed by atoms with van der Waals surface area (Å²) in [6.45, 7) is 0.208. The Balaban J connectivity index is 2.86. The topological polar surface area (TPSA) is 85.4 Å². The van der Waals surface area contributed by atoms with Crippen LogP contribution in [-0.2, 0) is 0 Å². The van der Waals surface area contributed by atoms with Gasteiger partial charge >= 0.3 is 5.69 Å². The Hall–Kier alpha value is -2.29. The second-order valence-corrected chi connectivity index (χ2v) is 2.85. The molecule has 0 saturated carbocycles. The lowest BCUT2D eigenvalue weighted by atomic mass is 10.3. The number of nitriles is 1. The fraction of sp³-hybridized carbons (Fsp3) is 0.300. The fourth-order valence-electron chi connectivity index (χ4n) is 1.12. The van der Waals surface area contributed by atoms with Crippen LogP contribution in [0.5, 0.6) is 11.5 Å². The third-order valence-corrected chi connectivity index (χ3v) is 1.83. The van der Waals surface area contributed by atoms with E-state index in [4.69, 9.17) is 14.7 Å². The van der Waals surface area contributed by atoms with Gasteiger partial charge in [0.05, 0.1) is 30.6 Å². The second kappa shape index (κ2) is 5.56. The molecule has 6 nitrogen and oxygen atoms in total. The molecule has 0 saturated heterocycles. The molecule has 0 bridgehead atoms. The molecule has 0 aliphatic rings. The first kappa shape index (κ1) is 11.8. The van der Waals surface area contributed by atoms with E-state index in [1.807, 2.05) is 6.07 Å². The van der Waals surface area contributed by atoms with E-state index in [1.54, 1.807) is 6.07 Å². The Morgan fingerprint density at radius 2 is 2.31 bits per heavy atom. The maximum Gasteiger partial charge on any atom is 0.314 e. The zero-order valence-corrected chi connectivity index (χ0v) is 8.67. The minimum Gasteiger partial charge on any atom is -0.492 e. The number of ether oxygens (including phenoxy) is 2. The van der Waals surface area contributed by atoms with Gasteiger partial charge < -0.3 is 9.47 Å². The van der Waals surface area contributed by atoms with E-state index < -0.39 is 4.92 Å². The van der Waals surface area contributed by atoms with E-state index in [-0.39, 0.29) is 24.5 Å². The molecular weight excluding hydrogens is 212 g/mol. The summed E-state index contributed by atoms with van der Waals surface area (Å²) in [6, 6.07) is 6.21. The smallest absolute Gasteiger partial charge is 0.314 e. The standard InChI is InChI=1S/C10H10N2O4/c1-15-10-4-3-8(16-6-2-5-11)7-9(10)12(13)14/h3-4,7H,2,6H2,1H3. The molecule has 16 heavy (non-hydrogen) atoms. The normalized spacial score (nSPS) is 9.25. The molecule has 0 atom stereocenters. The van der Waals surface area contributed by atoms with E-state index in [2.05, 4.69) is 0 Å². The Bertz CT molecular complexity index is 425. The number of nitrogens with zero attached hydrogens (tertiary/aromatic N) is 2. The Kier molecular flexibility index (Phi) is 4.09. The summed E-state index contributed by atoms with van der Waals surface area (Å²) >= 11 is 0. The van der Waals surface area contributed by atoms with Gasteiger partial charge in [0.2, 0.25) is 0 Å². The van der Waals surface area contributed by atoms with Crippen LogP contribution >= 0.6 is 0 Å². The van der Waals surface area contributed by atoms with E-state index in [1.165, 1.54) is 19.2 Å². The number of nitro groups is 1. The highest BCUT2D eigenvalue weighted by molar-refractivity contribution is 5.50. The number of benzene rings is 1. The minimum atomic E-state index is -0.546. The third-order valence-electron chi connectivity index (χ3n) is 1.83. The molecule has 84 valence electrons. The van der Waals surface area contributed by atoms with Crippen LogP contribution in [0.3, 0.4) is 0 Å². The second-order valence-electron chi connectivity index (χ2n) is 2.85. The summed E-state index contributed by atoms with van der Waals surface area (Å²) in [4.78, 5) is 10.1. The first-order chi connectivity index (χ1) is 7.69. The van der Waals surface area contributed by atoms with Gasteiger partial charge in [-0.1, -0.05) is 0 Å². The van der Waals surface area contributed by atoms with Crippen LogP contribution in [-0.4, -0.2) is 18.6 Å². The molecule has 0 aliphatic carbocycles. The van der Waals surface area contributed by atoms with Crippen molar-refractivity contribution >= 4 is 5.69 Å². The Labute approximate surface area is 92.2 Å². The number of nitro benzene ring substituents is 1. The van der Waals surface area contributed by atoms with Crippen molar-refractivity contribution in [1.82, 2.24) is 0 Å². The molecule has 1 aromatic carbocycles. The molecule has 0 heterocycles. The van der Waals surface area contributed by atoms with Gasteiger partial charge in [0.25, 0.3) is 0 Å². The Morgan fingerprint density at radius 1 is 1.56 bits per heavy atom. The molecule has 0 spiro atoms. The summed E-state index contributed by atoms with van der Waals surface area (Å²) in [5.41, 5.74) is -0.156. The van der Waals surface area contributed by atoms with Crippen LogP contribution in [0.15, 0.2) is 18.2 Å². The van der Waals surface area contributed by atoms with Gasteiger partial charge in [0.15, 0.2) is 5.75 Å². The summed E-state index contributed by atoms with van der Waals surface area (Å²) in [7, 11) is 1.36. The van der Waals surface area contributed by atoms with Crippen molar-refractivity contribution in [1.29, 1.82) is 5.26 Å².